The maximum atomic E-state index is 6.22. The molecule has 2 saturated heterocycles. The Bertz CT molecular complexity index is 823. The van der Waals surface area contributed by atoms with Gasteiger partial charge in [0.25, 0.3) is 0 Å². The van der Waals surface area contributed by atoms with Gasteiger partial charge in [-0.1, -0.05) is 67.1 Å². The first-order chi connectivity index (χ1) is 16.3. The Balaban J connectivity index is 0.993. The van der Waals surface area contributed by atoms with Crippen LogP contribution in [-0.2, 0) is 22.3 Å². The Hall–Kier alpha value is -1.72. The van der Waals surface area contributed by atoms with E-state index in [-0.39, 0.29) is 12.3 Å². The molecule has 2 heterocycles. The van der Waals surface area contributed by atoms with Crippen LogP contribution in [0.2, 0.25) is 0 Å². The molecule has 1 aliphatic carbocycles. The van der Waals surface area contributed by atoms with Crippen molar-refractivity contribution in [2.75, 3.05) is 45.9 Å². The molecule has 1 saturated carbocycles. The summed E-state index contributed by atoms with van der Waals surface area (Å²) < 4.78 is 12.4. The molecule has 4 nitrogen and oxygen atoms in total. The molecule has 2 aromatic carbocycles. The summed E-state index contributed by atoms with van der Waals surface area (Å²) in [5, 5.41) is 0. The maximum Gasteiger partial charge on any atom is 0.134 e. The van der Waals surface area contributed by atoms with Gasteiger partial charge in [-0.25, -0.2) is 0 Å². The van der Waals surface area contributed by atoms with E-state index in [1.807, 2.05) is 0 Å². The lowest BCUT2D eigenvalue weighted by Crippen LogP contribution is -2.55. The summed E-state index contributed by atoms with van der Waals surface area (Å²) in [6, 6.07) is 21.7. The molecule has 0 radical (unpaired) electrons. The van der Waals surface area contributed by atoms with E-state index in [0.29, 0.717) is 18.6 Å². The van der Waals surface area contributed by atoms with Crippen LogP contribution in [0, 0.1) is 5.41 Å². The predicted molar refractivity (Wildman–Crippen MR) is 133 cm³/mol. The van der Waals surface area contributed by atoms with E-state index in [9.17, 15) is 0 Å². The average molecular weight is 449 g/mol. The van der Waals surface area contributed by atoms with Crippen molar-refractivity contribution < 1.29 is 9.47 Å². The van der Waals surface area contributed by atoms with Crippen LogP contribution < -0.4 is 0 Å². The van der Waals surface area contributed by atoms with Gasteiger partial charge in [-0.05, 0) is 55.2 Å². The molecule has 2 aliphatic heterocycles. The summed E-state index contributed by atoms with van der Waals surface area (Å²) in [6.45, 7) is 7.12. The molecule has 178 valence electrons. The first-order valence-electron chi connectivity index (χ1n) is 13.1. The maximum absolute atomic E-state index is 6.22. The molecule has 0 N–H and O–H groups in total. The van der Waals surface area contributed by atoms with Crippen LogP contribution in [0.1, 0.15) is 43.2 Å². The van der Waals surface area contributed by atoms with Gasteiger partial charge < -0.3 is 14.4 Å². The van der Waals surface area contributed by atoms with E-state index < -0.39 is 0 Å². The molecule has 2 unspecified atom stereocenters. The van der Waals surface area contributed by atoms with Gasteiger partial charge in [-0.15, -0.1) is 0 Å². The van der Waals surface area contributed by atoms with E-state index in [1.54, 1.807) is 0 Å². The van der Waals surface area contributed by atoms with Gasteiger partial charge in [0, 0.05) is 32.6 Å². The minimum absolute atomic E-state index is 0.128. The quantitative estimate of drug-likeness (QED) is 0.551. The van der Waals surface area contributed by atoms with Gasteiger partial charge in [0.1, 0.15) is 6.23 Å². The van der Waals surface area contributed by atoms with Crippen molar-refractivity contribution in [3.8, 4) is 0 Å². The Labute approximate surface area is 199 Å². The van der Waals surface area contributed by atoms with E-state index in [1.165, 1.54) is 56.2 Å². The third-order valence-electron chi connectivity index (χ3n) is 8.09. The number of rotatable bonds is 9. The van der Waals surface area contributed by atoms with Gasteiger partial charge in [0.2, 0.25) is 0 Å². The second-order valence-corrected chi connectivity index (χ2v) is 10.4. The SMILES string of the molecule is c1ccc(CC2COC(N3CCN(CCCC4(Cc5ccccc5)CCC4)CC3)CO2)cc1. The van der Waals surface area contributed by atoms with Gasteiger partial charge in [-0.2, -0.15) is 0 Å². The standard InChI is InChI=1S/C29H40N2O2/c1-3-9-25(10-4-1)21-27-23-33-28(24-32-27)31-19-17-30(18-20-31)16-8-15-29(13-7-14-29)22-26-11-5-2-6-12-26/h1-6,9-12,27-28H,7-8,13-24H2. The third kappa shape index (κ3) is 6.24. The third-order valence-corrected chi connectivity index (χ3v) is 8.09. The van der Waals surface area contributed by atoms with Crippen molar-refractivity contribution in [2.24, 2.45) is 5.41 Å². The zero-order valence-corrected chi connectivity index (χ0v) is 20.0. The summed E-state index contributed by atoms with van der Waals surface area (Å²) in [7, 11) is 0. The summed E-state index contributed by atoms with van der Waals surface area (Å²) in [4.78, 5) is 5.14. The highest BCUT2D eigenvalue weighted by atomic mass is 16.6. The lowest BCUT2D eigenvalue weighted by molar-refractivity contribution is -0.189. The highest BCUT2D eigenvalue weighted by Crippen LogP contribution is 2.47. The smallest absolute Gasteiger partial charge is 0.134 e. The molecule has 2 atom stereocenters. The normalized spacial score (nSPS) is 26.1. The largest absolute Gasteiger partial charge is 0.371 e. The first-order valence-corrected chi connectivity index (χ1v) is 13.1. The highest BCUT2D eigenvalue weighted by molar-refractivity contribution is 5.17. The number of nitrogens with zero attached hydrogens (tertiary/aromatic N) is 2. The summed E-state index contributed by atoms with van der Waals surface area (Å²) in [5.74, 6) is 0. The summed E-state index contributed by atoms with van der Waals surface area (Å²) in [6.07, 6.45) is 9.48. The molecule has 0 bridgehead atoms. The second-order valence-electron chi connectivity index (χ2n) is 10.4. The fraction of sp³-hybridized carbons (Fsp3) is 0.586. The Morgan fingerprint density at radius 1 is 0.788 bits per heavy atom. The Kier molecular flexibility index (Phi) is 7.78. The van der Waals surface area contributed by atoms with Crippen LogP contribution in [-0.4, -0.2) is 68.1 Å². The Morgan fingerprint density at radius 3 is 2.09 bits per heavy atom. The zero-order chi connectivity index (χ0) is 22.3. The van der Waals surface area contributed by atoms with Crippen LogP contribution >= 0.6 is 0 Å². The van der Waals surface area contributed by atoms with Crippen LogP contribution in [0.5, 0.6) is 0 Å². The molecule has 2 aromatic rings. The van der Waals surface area contributed by atoms with Crippen LogP contribution in [0.3, 0.4) is 0 Å². The summed E-state index contributed by atoms with van der Waals surface area (Å²) >= 11 is 0. The molecule has 33 heavy (non-hydrogen) atoms. The molecular weight excluding hydrogens is 408 g/mol. The molecule has 0 spiro atoms. The molecule has 0 aromatic heterocycles. The van der Waals surface area contributed by atoms with Crippen molar-refractivity contribution in [3.63, 3.8) is 0 Å². The zero-order valence-electron chi connectivity index (χ0n) is 20.0. The van der Waals surface area contributed by atoms with Crippen molar-refractivity contribution in [3.05, 3.63) is 71.8 Å². The van der Waals surface area contributed by atoms with Crippen molar-refractivity contribution in [1.29, 1.82) is 0 Å². The van der Waals surface area contributed by atoms with Gasteiger partial charge >= 0.3 is 0 Å². The molecule has 5 rings (SSSR count). The van der Waals surface area contributed by atoms with Crippen LogP contribution in [0.15, 0.2) is 60.7 Å². The second kappa shape index (κ2) is 11.1. The fourth-order valence-electron chi connectivity index (χ4n) is 5.91. The van der Waals surface area contributed by atoms with Crippen LogP contribution in [0.25, 0.3) is 0 Å². The van der Waals surface area contributed by atoms with Gasteiger partial charge in [0.05, 0.1) is 19.3 Å². The number of piperazine rings is 1. The molecule has 4 heteroatoms. The topological polar surface area (TPSA) is 24.9 Å². The lowest BCUT2D eigenvalue weighted by atomic mass is 9.63. The van der Waals surface area contributed by atoms with Gasteiger partial charge in [0.15, 0.2) is 0 Å². The first kappa shape index (κ1) is 23.0. The molecule has 3 fully saturated rings. The monoisotopic (exact) mass is 448 g/mol. The van der Waals surface area contributed by atoms with Crippen LogP contribution in [0.4, 0.5) is 0 Å². The van der Waals surface area contributed by atoms with Crippen molar-refractivity contribution >= 4 is 0 Å². The highest BCUT2D eigenvalue weighted by Gasteiger charge is 2.36. The van der Waals surface area contributed by atoms with E-state index in [2.05, 4.69) is 70.5 Å². The van der Waals surface area contributed by atoms with Crippen molar-refractivity contribution in [1.82, 2.24) is 9.80 Å². The van der Waals surface area contributed by atoms with Gasteiger partial charge in [-0.3, -0.25) is 4.90 Å². The van der Waals surface area contributed by atoms with E-state index in [0.717, 1.165) is 32.6 Å². The Morgan fingerprint density at radius 2 is 1.48 bits per heavy atom. The lowest BCUT2D eigenvalue weighted by Gasteiger charge is -2.44. The molecule has 3 aliphatic rings. The molecule has 0 amide bonds. The minimum Gasteiger partial charge on any atom is -0.371 e. The minimum atomic E-state index is 0.128. The number of hydrogen-bond donors (Lipinski definition) is 0. The summed E-state index contributed by atoms with van der Waals surface area (Å²) in [5.41, 5.74) is 3.42. The number of hydrogen-bond acceptors (Lipinski definition) is 4. The number of ether oxygens (including phenoxy) is 2. The van der Waals surface area contributed by atoms with E-state index >= 15 is 0 Å². The van der Waals surface area contributed by atoms with Crippen molar-refractivity contribution in [2.45, 2.75) is 57.3 Å². The average Bonchev–Trinajstić information content (AvgIpc) is 2.85. The molecular formula is C29H40N2O2. The van der Waals surface area contributed by atoms with E-state index in [4.69, 9.17) is 9.47 Å². The fourth-order valence-corrected chi connectivity index (χ4v) is 5.91. The number of benzene rings is 2. The predicted octanol–water partition coefficient (Wildman–Crippen LogP) is 4.78.